The molecule has 1 N–H and O–H groups in total. The van der Waals surface area contributed by atoms with Gasteiger partial charge in [0.25, 0.3) is 0 Å². The molecule has 0 aromatic carbocycles. The standard InChI is InChI=1S/C13H19N5S2/c1-14-13-16-11(9-20-13)10-8-19-12(15-10)7-18-5-3-17(2)4-6-18/h8-9H,3-7H2,1-2H3,(H,14,16). The first-order chi connectivity index (χ1) is 9.74. The van der Waals surface area contributed by atoms with E-state index >= 15 is 0 Å². The van der Waals surface area contributed by atoms with Crippen LogP contribution in [0.15, 0.2) is 10.8 Å². The molecule has 2 aromatic heterocycles. The van der Waals surface area contributed by atoms with Gasteiger partial charge in [0.15, 0.2) is 5.13 Å². The molecular formula is C13H19N5S2. The quantitative estimate of drug-likeness (QED) is 0.936. The third kappa shape index (κ3) is 3.17. The van der Waals surface area contributed by atoms with E-state index < -0.39 is 0 Å². The van der Waals surface area contributed by atoms with Crippen molar-refractivity contribution in [1.29, 1.82) is 0 Å². The van der Waals surface area contributed by atoms with Crippen molar-refractivity contribution in [2.45, 2.75) is 6.54 Å². The first kappa shape index (κ1) is 13.9. The number of anilines is 1. The van der Waals surface area contributed by atoms with Gasteiger partial charge in [-0.3, -0.25) is 4.90 Å². The minimum atomic E-state index is 0.939. The Morgan fingerprint density at radius 1 is 1.10 bits per heavy atom. The van der Waals surface area contributed by atoms with Crippen LogP contribution in [0.25, 0.3) is 11.4 Å². The fourth-order valence-electron chi connectivity index (χ4n) is 2.20. The predicted octanol–water partition coefficient (Wildman–Crippen LogP) is 2.06. The van der Waals surface area contributed by atoms with Crippen molar-refractivity contribution in [3.63, 3.8) is 0 Å². The Morgan fingerprint density at radius 2 is 1.80 bits per heavy atom. The molecule has 5 nitrogen and oxygen atoms in total. The minimum absolute atomic E-state index is 0.939. The molecule has 2 aromatic rings. The van der Waals surface area contributed by atoms with E-state index in [-0.39, 0.29) is 0 Å². The maximum Gasteiger partial charge on any atom is 0.183 e. The number of piperazine rings is 1. The number of aromatic nitrogens is 2. The number of thiazole rings is 2. The van der Waals surface area contributed by atoms with Crippen LogP contribution in [0.3, 0.4) is 0 Å². The molecule has 0 unspecified atom stereocenters. The average Bonchev–Trinajstić information content (AvgIpc) is 3.10. The number of hydrogen-bond donors (Lipinski definition) is 1. The lowest BCUT2D eigenvalue weighted by Crippen LogP contribution is -2.43. The van der Waals surface area contributed by atoms with Gasteiger partial charge in [-0.15, -0.1) is 22.7 Å². The summed E-state index contributed by atoms with van der Waals surface area (Å²) in [5, 5.41) is 9.35. The molecule has 1 saturated heterocycles. The average molecular weight is 309 g/mol. The van der Waals surface area contributed by atoms with Crippen LogP contribution in [0, 0.1) is 0 Å². The smallest absolute Gasteiger partial charge is 0.183 e. The van der Waals surface area contributed by atoms with Crippen molar-refractivity contribution in [3.8, 4) is 11.4 Å². The fourth-order valence-corrected chi connectivity index (χ4v) is 3.70. The zero-order valence-corrected chi connectivity index (χ0v) is 13.4. The largest absolute Gasteiger partial charge is 0.365 e. The van der Waals surface area contributed by atoms with Crippen molar-refractivity contribution in [2.75, 3.05) is 45.6 Å². The van der Waals surface area contributed by atoms with Crippen LogP contribution in [0.5, 0.6) is 0 Å². The SMILES string of the molecule is CNc1nc(-c2csc(CN3CCN(C)CC3)n2)cs1. The highest BCUT2D eigenvalue weighted by Crippen LogP contribution is 2.26. The summed E-state index contributed by atoms with van der Waals surface area (Å²) in [5.74, 6) is 0. The third-order valence-electron chi connectivity index (χ3n) is 3.49. The molecule has 7 heteroatoms. The lowest BCUT2D eigenvalue weighted by molar-refractivity contribution is 0.148. The van der Waals surface area contributed by atoms with Crippen molar-refractivity contribution in [2.24, 2.45) is 0 Å². The van der Waals surface area contributed by atoms with Gasteiger partial charge in [-0.2, -0.15) is 0 Å². The predicted molar refractivity (Wildman–Crippen MR) is 85.5 cm³/mol. The lowest BCUT2D eigenvalue weighted by Gasteiger charge is -2.31. The molecule has 0 spiro atoms. The number of hydrogen-bond acceptors (Lipinski definition) is 7. The molecule has 0 amide bonds. The Kier molecular flexibility index (Phi) is 4.30. The normalized spacial score (nSPS) is 17.5. The van der Waals surface area contributed by atoms with Gasteiger partial charge < -0.3 is 10.2 Å². The van der Waals surface area contributed by atoms with Gasteiger partial charge in [0.2, 0.25) is 0 Å². The Morgan fingerprint density at radius 3 is 2.50 bits per heavy atom. The van der Waals surface area contributed by atoms with E-state index in [1.807, 2.05) is 7.05 Å². The molecule has 3 heterocycles. The second-order valence-corrected chi connectivity index (χ2v) is 6.79. The van der Waals surface area contributed by atoms with Gasteiger partial charge in [0.05, 0.1) is 6.54 Å². The highest BCUT2D eigenvalue weighted by Gasteiger charge is 2.16. The van der Waals surface area contributed by atoms with Crippen molar-refractivity contribution >= 4 is 27.8 Å². The summed E-state index contributed by atoms with van der Waals surface area (Å²) in [4.78, 5) is 14.1. The monoisotopic (exact) mass is 309 g/mol. The van der Waals surface area contributed by atoms with E-state index in [9.17, 15) is 0 Å². The summed E-state index contributed by atoms with van der Waals surface area (Å²) in [5.41, 5.74) is 1.97. The molecule has 1 fully saturated rings. The van der Waals surface area contributed by atoms with Crippen LogP contribution in [0.2, 0.25) is 0 Å². The second-order valence-electron chi connectivity index (χ2n) is 4.99. The van der Waals surface area contributed by atoms with E-state index in [1.165, 1.54) is 5.01 Å². The van der Waals surface area contributed by atoms with E-state index in [2.05, 4.69) is 37.9 Å². The van der Waals surface area contributed by atoms with Gasteiger partial charge in [-0.1, -0.05) is 0 Å². The first-order valence-electron chi connectivity index (χ1n) is 6.73. The molecule has 1 aliphatic rings. The van der Waals surface area contributed by atoms with Gasteiger partial charge in [0, 0.05) is 44.0 Å². The highest BCUT2D eigenvalue weighted by atomic mass is 32.1. The Hall–Kier alpha value is -1.02. The van der Waals surface area contributed by atoms with Gasteiger partial charge in [-0.05, 0) is 7.05 Å². The van der Waals surface area contributed by atoms with Crippen LogP contribution in [-0.2, 0) is 6.54 Å². The second kappa shape index (κ2) is 6.17. The van der Waals surface area contributed by atoms with Crippen molar-refractivity contribution in [3.05, 3.63) is 15.8 Å². The van der Waals surface area contributed by atoms with Crippen molar-refractivity contribution in [1.82, 2.24) is 19.8 Å². The molecule has 0 atom stereocenters. The lowest BCUT2D eigenvalue weighted by atomic mass is 10.3. The molecule has 20 heavy (non-hydrogen) atoms. The van der Waals surface area contributed by atoms with E-state index in [1.54, 1.807) is 22.7 Å². The molecule has 3 rings (SSSR count). The first-order valence-corrected chi connectivity index (χ1v) is 8.49. The van der Waals surface area contributed by atoms with Crippen LogP contribution in [0.1, 0.15) is 5.01 Å². The zero-order valence-electron chi connectivity index (χ0n) is 11.8. The molecule has 1 aliphatic heterocycles. The van der Waals surface area contributed by atoms with Gasteiger partial charge >= 0.3 is 0 Å². The molecular weight excluding hydrogens is 290 g/mol. The maximum atomic E-state index is 4.72. The third-order valence-corrected chi connectivity index (χ3v) is 5.18. The molecule has 0 bridgehead atoms. The summed E-state index contributed by atoms with van der Waals surface area (Å²) in [6, 6.07) is 0. The van der Waals surface area contributed by atoms with E-state index in [4.69, 9.17) is 4.98 Å². The molecule has 0 saturated carbocycles. The Labute approximate surface area is 127 Å². The Balaban J connectivity index is 1.64. The maximum absolute atomic E-state index is 4.72. The van der Waals surface area contributed by atoms with Gasteiger partial charge in [0.1, 0.15) is 16.4 Å². The minimum Gasteiger partial charge on any atom is -0.365 e. The summed E-state index contributed by atoms with van der Waals surface area (Å²) in [6.45, 7) is 5.52. The number of nitrogens with one attached hydrogen (secondary N) is 1. The highest BCUT2D eigenvalue weighted by molar-refractivity contribution is 7.14. The summed E-state index contributed by atoms with van der Waals surface area (Å²) >= 11 is 3.35. The summed E-state index contributed by atoms with van der Waals surface area (Å²) in [6.07, 6.45) is 0. The number of nitrogens with zero attached hydrogens (tertiary/aromatic N) is 4. The van der Waals surface area contributed by atoms with Crippen LogP contribution >= 0.6 is 22.7 Å². The van der Waals surface area contributed by atoms with Crippen LogP contribution in [-0.4, -0.2) is 60.0 Å². The van der Waals surface area contributed by atoms with E-state index in [0.29, 0.717) is 0 Å². The van der Waals surface area contributed by atoms with Crippen molar-refractivity contribution < 1.29 is 0 Å². The van der Waals surface area contributed by atoms with Crippen LogP contribution < -0.4 is 5.32 Å². The van der Waals surface area contributed by atoms with Crippen LogP contribution in [0.4, 0.5) is 5.13 Å². The Bertz CT molecular complexity index is 557. The number of rotatable bonds is 4. The fraction of sp³-hybridized carbons (Fsp3) is 0.538. The topological polar surface area (TPSA) is 44.3 Å². The van der Waals surface area contributed by atoms with Gasteiger partial charge in [-0.25, -0.2) is 9.97 Å². The molecule has 0 aliphatic carbocycles. The summed E-state index contributed by atoms with van der Waals surface area (Å²) in [7, 11) is 4.07. The number of likely N-dealkylation sites (N-methyl/N-ethyl adjacent to an activating group) is 1. The molecule has 0 radical (unpaired) electrons. The zero-order chi connectivity index (χ0) is 13.9. The molecule has 108 valence electrons. The van der Waals surface area contributed by atoms with E-state index in [0.717, 1.165) is 49.2 Å². The summed E-state index contributed by atoms with van der Waals surface area (Å²) < 4.78 is 0.